The first-order chi connectivity index (χ1) is 16.6. The summed E-state index contributed by atoms with van der Waals surface area (Å²) < 4.78 is 5.18. The molecule has 0 saturated heterocycles. The van der Waals surface area contributed by atoms with Gasteiger partial charge in [0.05, 0.1) is 17.9 Å². The average Bonchev–Trinajstić information content (AvgIpc) is 2.90. The van der Waals surface area contributed by atoms with E-state index in [0.717, 1.165) is 41.8 Å². The quantitative estimate of drug-likeness (QED) is 0.444. The molecule has 1 heterocycles. The third-order valence-electron chi connectivity index (χ3n) is 6.29. The fourth-order valence-electron chi connectivity index (χ4n) is 4.33. The van der Waals surface area contributed by atoms with Crippen molar-refractivity contribution in [3.8, 4) is 11.8 Å². The molecule has 1 aliphatic rings. The Balaban J connectivity index is 1.44. The molecule has 2 aromatic carbocycles. The number of amides is 1. The molecule has 34 heavy (non-hydrogen) atoms. The van der Waals surface area contributed by atoms with E-state index in [-0.39, 0.29) is 11.2 Å². The number of carbonyl (C=O) groups excluding carboxylic acids is 1. The number of methoxy groups -OCH3 is 1. The summed E-state index contributed by atoms with van der Waals surface area (Å²) in [7, 11) is 1.63. The average molecular weight is 472 g/mol. The molecule has 1 N–H and O–H groups in total. The van der Waals surface area contributed by atoms with E-state index in [1.807, 2.05) is 43.3 Å². The molecule has 5 nitrogen and oxygen atoms in total. The van der Waals surface area contributed by atoms with Gasteiger partial charge < -0.3 is 10.1 Å². The van der Waals surface area contributed by atoms with Crippen molar-refractivity contribution in [1.29, 1.82) is 5.26 Å². The molecule has 1 amide bonds. The van der Waals surface area contributed by atoms with Gasteiger partial charge in [-0.15, -0.1) is 0 Å². The third-order valence-corrected chi connectivity index (χ3v) is 7.65. The first-order valence-electron chi connectivity index (χ1n) is 11.7. The first kappa shape index (κ1) is 23.8. The maximum Gasteiger partial charge on any atom is 0.233 e. The molecule has 3 aromatic rings. The standard InChI is InChI=1S/C28H29N3O2S/c1-3-26(27(32)30-18-19-9-12-24(33-2)13-10-19)34-28-23(17-29)16-22-15-21(11-14-25(22)31-28)20-7-5-4-6-8-20/h4-10,12-13,16,21,26H,3,11,14-15,18H2,1-2H3,(H,30,32). The van der Waals surface area contributed by atoms with Crippen molar-refractivity contribution in [2.75, 3.05) is 7.11 Å². The van der Waals surface area contributed by atoms with Crippen molar-refractivity contribution in [2.24, 2.45) is 0 Å². The summed E-state index contributed by atoms with van der Waals surface area (Å²) in [6, 6.07) is 22.5. The fourth-order valence-corrected chi connectivity index (χ4v) is 5.35. The second-order valence-corrected chi connectivity index (χ2v) is 9.68. The Bertz CT molecular complexity index is 1170. The summed E-state index contributed by atoms with van der Waals surface area (Å²) in [5.41, 5.74) is 5.11. The Kier molecular flexibility index (Phi) is 7.87. The van der Waals surface area contributed by atoms with Crippen molar-refractivity contribution in [3.05, 3.63) is 88.6 Å². The van der Waals surface area contributed by atoms with Crippen LogP contribution in [0.15, 0.2) is 65.7 Å². The van der Waals surface area contributed by atoms with Crippen LogP contribution in [-0.4, -0.2) is 23.3 Å². The second kappa shape index (κ2) is 11.2. The lowest BCUT2D eigenvalue weighted by Crippen LogP contribution is -2.32. The number of hydrogen-bond acceptors (Lipinski definition) is 5. The minimum atomic E-state index is -0.309. The Hall–Kier alpha value is -3.30. The Labute approximate surface area is 205 Å². The van der Waals surface area contributed by atoms with Gasteiger partial charge in [-0.05, 0) is 66.5 Å². The highest BCUT2D eigenvalue weighted by molar-refractivity contribution is 8.00. The zero-order valence-electron chi connectivity index (χ0n) is 19.6. The molecule has 0 saturated carbocycles. The molecule has 4 rings (SSSR count). The van der Waals surface area contributed by atoms with Crippen LogP contribution >= 0.6 is 11.8 Å². The maximum absolute atomic E-state index is 12.9. The molecule has 0 spiro atoms. The number of nitrogens with zero attached hydrogens (tertiary/aromatic N) is 2. The van der Waals surface area contributed by atoms with Gasteiger partial charge in [-0.25, -0.2) is 4.98 Å². The lowest BCUT2D eigenvalue weighted by Gasteiger charge is -2.25. The number of fused-ring (bicyclic) bond motifs is 1. The monoisotopic (exact) mass is 471 g/mol. The maximum atomic E-state index is 12.9. The van der Waals surface area contributed by atoms with Crippen LogP contribution in [0.4, 0.5) is 0 Å². The van der Waals surface area contributed by atoms with E-state index in [2.05, 4.69) is 35.7 Å². The summed E-state index contributed by atoms with van der Waals surface area (Å²) in [6.07, 6.45) is 3.47. The highest BCUT2D eigenvalue weighted by atomic mass is 32.2. The lowest BCUT2D eigenvalue weighted by atomic mass is 9.82. The number of hydrogen-bond donors (Lipinski definition) is 1. The predicted molar refractivity (Wildman–Crippen MR) is 135 cm³/mol. The molecule has 0 radical (unpaired) electrons. The molecule has 1 aromatic heterocycles. The first-order valence-corrected chi connectivity index (χ1v) is 12.5. The predicted octanol–water partition coefficient (Wildman–Crippen LogP) is 5.42. The van der Waals surface area contributed by atoms with Crippen molar-refractivity contribution in [1.82, 2.24) is 10.3 Å². The third kappa shape index (κ3) is 5.60. The van der Waals surface area contributed by atoms with Crippen LogP contribution in [0.5, 0.6) is 5.75 Å². The number of aromatic nitrogens is 1. The summed E-state index contributed by atoms with van der Waals surface area (Å²) >= 11 is 1.39. The fraction of sp³-hybridized carbons (Fsp3) is 0.321. The van der Waals surface area contributed by atoms with Crippen LogP contribution in [-0.2, 0) is 24.2 Å². The van der Waals surface area contributed by atoms with E-state index in [1.165, 1.54) is 17.3 Å². The Morgan fingerprint density at radius 1 is 1.24 bits per heavy atom. The van der Waals surface area contributed by atoms with Gasteiger partial charge in [-0.1, -0.05) is 61.2 Å². The van der Waals surface area contributed by atoms with Gasteiger partial charge in [-0.3, -0.25) is 4.79 Å². The topological polar surface area (TPSA) is 75.0 Å². The van der Waals surface area contributed by atoms with Crippen LogP contribution in [0.25, 0.3) is 0 Å². The lowest BCUT2D eigenvalue weighted by molar-refractivity contribution is -0.120. The SMILES string of the molecule is CCC(Sc1nc2c(cc1C#N)CC(c1ccccc1)CC2)C(=O)NCc1ccc(OC)cc1. The van der Waals surface area contributed by atoms with Gasteiger partial charge in [-0.2, -0.15) is 5.26 Å². The van der Waals surface area contributed by atoms with E-state index in [1.54, 1.807) is 7.11 Å². The molecule has 0 aliphatic heterocycles. The minimum Gasteiger partial charge on any atom is -0.497 e. The molecular weight excluding hydrogens is 442 g/mol. The molecule has 2 unspecified atom stereocenters. The minimum absolute atomic E-state index is 0.0455. The molecule has 1 aliphatic carbocycles. The van der Waals surface area contributed by atoms with E-state index in [4.69, 9.17) is 9.72 Å². The largest absolute Gasteiger partial charge is 0.497 e. The zero-order chi connectivity index (χ0) is 23.9. The van der Waals surface area contributed by atoms with Gasteiger partial charge in [0.1, 0.15) is 16.8 Å². The number of benzene rings is 2. The number of ether oxygens (including phenoxy) is 1. The summed E-state index contributed by atoms with van der Waals surface area (Å²) in [6.45, 7) is 2.43. The Morgan fingerprint density at radius 3 is 2.68 bits per heavy atom. The normalized spacial score (nSPS) is 15.6. The number of aryl methyl sites for hydroxylation is 1. The van der Waals surface area contributed by atoms with Crippen LogP contribution in [0.1, 0.15) is 53.6 Å². The van der Waals surface area contributed by atoms with Gasteiger partial charge in [0, 0.05) is 12.2 Å². The second-order valence-electron chi connectivity index (χ2n) is 8.49. The molecule has 0 bridgehead atoms. The van der Waals surface area contributed by atoms with Crippen molar-refractivity contribution in [3.63, 3.8) is 0 Å². The van der Waals surface area contributed by atoms with Crippen LogP contribution in [0.2, 0.25) is 0 Å². The molecule has 6 heteroatoms. The van der Waals surface area contributed by atoms with E-state index >= 15 is 0 Å². The molecular formula is C28H29N3O2S. The summed E-state index contributed by atoms with van der Waals surface area (Å²) in [4.78, 5) is 17.8. The highest BCUT2D eigenvalue weighted by Gasteiger charge is 2.25. The van der Waals surface area contributed by atoms with Gasteiger partial charge in [0.15, 0.2) is 0 Å². The zero-order valence-corrected chi connectivity index (χ0v) is 20.4. The van der Waals surface area contributed by atoms with Gasteiger partial charge >= 0.3 is 0 Å². The number of rotatable bonds is 8. The Morgan fingerprint density at radius 2 is 2.00 bits per heavy atom. The number of pyridine rings is 1. The van der Waals surface area contributed by atoms with Crippen LogP contribution in [0.3, 0.4) is 0 Å². The van der Waals surface area contributed by atoms with E-state index in [9.17, 15) is 10.1 Å². The highest BCUT2D eigenvalue weighted by Crippen LogP contribution is 2.35. The van der Waals surface area contributed by atoms with Gasteiger partial charge in [0.2, 0.25) is 5.91 Å². The number of carbonyl (C=O) groups is 1. The smallest absolute Gasteiger partial charge is 0.233 e. The molecule has 0 fully saturated rings. The van der Waals surface area contributed by atoms with Crippen molar-refractivity contribution >= 4 is 17.7 Å². The van der Waals surface area contributed by atoms with E-state index in [0.29, 0.717) is 29.5 Å². The summed E-state index contributed by atoms with van der Waals surface area (Å²) in [5.74, 6) is 1.19. The van der Waals surface area contributed by atoms with Gasteiger partial charge in [0.25, 0.3) is 0 Å². The number of thioether (sulfide) groups is 1. The van der Waals surface area contributed by atoms with Crippen LogP contribution < -0.4 is 10.1 Å². The van der Waals surface area contributed by atoms with Crippen molar-refractivity contribution in [2.45, 2.75) is 55.3 Å². The van der Waals surface area contributed by atoms with Crippen LogP contribution in [0, 0.1) is 11.3 Å². The number of nitrogens with one attached hydrogen (secondary N) is 1. The molecule has 174 valence electrons. The van der Waals surface area contributed by atoms with Crippen molar-refractivity contribution < 1.29 is 9.53 Å². The molecule has 2 atom stereocenters. The summed E-state index contributed by atoms with van der Waals surface area (Å²) in [5, 5.41) is 13.2. The number of nitriles is 1. The van der Waals surface area contributed by atoms with E-state index < -0.39 is 0 Å².